The van der Waals surface area contributed by atoms with Gasteiger partial charge in [0.05, 0.1) is 16.9 Å². The highest BCUT2D eigenvalue weighted by molar-refractivity contribution is 7.81. The Bertz CT molecular complexity index is 494. The monoisotopic (exact) mass is 238 g/mol. The number of carbonyl (C=O) groups excluding carboxylic acids is 3. The highest BCUT2D eigenvalue weighted by atomic mass is 32.1. The maximum Gasteiger partial charge on any atom is 0.347 e. The summed E-state index contributed by atoms with van der Waals surface area (Å²) in [6.07, 6.45) is 0. The second kappa shape index (κ2) is 3.97. The zero-order valence-corrected chi connectivity index (χ0v) is 8.82. The number of cyclic esters (lactones) is 2. The van der Waals surface area contributed by atoms with Crippen molar-refractivity contribution in [1.82, 2.24) is 0 Å². The van der Waals surface area contributed by atoms with E-state index < -0.39 is 17.9 Å². The van der Waals surface area contributed by atoms with Gasteiger partial charge >= 0.3 is 17.9 Å². The molecular weight excluding hydrogens is 232 g/mol. The van der Waals surface area contributed by atoms with Crippen molar-refractivity contribution in [2.24, 2.45) is 0 Å². The Morgan fingerprint density at radius 1 is 1.25 bits per heavy atom. The molecule has 0 fully saturated rings. The van der Waals surface area contributed by atoms with Crippen LogP contribution in [0, 0.1) is 0 Å². The van der Waals surface area contributed by atoms with Gasteiger partial charge in [-0.05, 0) is 18.2 Å². The van der Waals surface area contributed by atoms with Crippen molar-refractivity contribution >= 4 is 30.5 Å². The van der Waals surface area contributed by atoms with Gasteiger partial charge in [-0.15, -0.1) is 0 Å². The van der Waals surface area contributed by atoms with E-state index >= 15 is 0 Å². The van der Waals surface area contributed by atoms with Crippen molar-refractivity contribution in [2.45, 2.75) is 0 Å². The summed E-state index contributed by atoms with van der Waals surface area (Å²) < 4.78 is 9.22. The van der Waals surface area contributed by atoms with Crippen molar-refractivity contribution in [3.63, 3.8) is 0 Å². The van der Waals surface area contributed by atoms with Gasteiger partial charge in [-0.25, -0.2) is 9.59 Å². The third kappa shape index (κ3) is 1.79. The van der Waals surface area contributed by atoms with Gasteiger partial charge in [0, 0.05) is 0 Å². The molecule has 0 saturated carbocycles. The van der Waals surface area contributed by atoms with Gasteiger partial charge in [0.1, 0.15) is 5.75 Å². The lowest BCUT2D eigenvalue weighted by Gasteiger charge is -2.02. The molecular formula is C10H6O5S. The molecule has 0 N–H and O–H groups in total. The maximum absolute atomic E-state index is 11.2. The van der Waals surface area contributed by atoms with E-state index in [0.717, 1.165) is 0 Å². The molecule has 0 saturated heterocycles. The lowest BCUT2D eigenvalue weighted by molar-refractivity contribution is -0.131. The number of benzene rings is 1. The fourth-order valence-electron chi connectivity index (χ4n) is 1.29. The van der Waals surface area contributed by atoms with Crippen LogP contribution in [-0.2, 0) is 9.53 Å². The molecule has 0 bridgehead atoms. The lowest BCUT2D eigenvalue weighted by Crippen LogP contribution is -2.09. The first-order chi connectivity index (χ1) is 7.61. The zero-order valence-electron chi connectivity index (χ0n) is 7.93. The summed E-state index contributed by atoms with van der Waals surface area (Å²) in [4.78, 5) is 33.2. The molecule has 1 aliphatic rings. The van der Waals surface area contributed by atoms with Crippen LogP contribution in [0.1, 0.15) is 20.7 Å². The molecule has 82 valence electrons. The molecule has 2 rings (SSSR count). The topological polar surface area (TPSA) is 69.7 Å². The van der Waals surface area contributed by atoms with E-state index in [2.05, 4.69) is 17.4 Å². The Morgan fingerprint density at radius 3 is 2.62 bits per heavy atom. The van der Waals surface area contributed by atoms with Crippen molar-refractivity contribution in [3.8, 4) is 5.75 Å². The SMILES string of the molecule is O=C(CS)Oc1ccc2c(c1)C(=O)OC2=O. The molecule has 0 unspecified atom stereocenters. The van der Waals surface area contributed by atoms with Crippen LogP contribution in [0.5, 0.6) is 5.75 Å². The van der Waals surface area contributed by atoms with E-state index in [9.17, 15) is 14.4 Å². The first-order valence-corrected chi connectivity index (χ1v) is 4.97. The fraction of sp³-hybridized carbons (Fsp3) is 0.100. The number of carbonyl (C=O) groups is 3. The Labute approximate surface area is 95.8 Å². The molecule has 5 nitrogen and oxygen atoms in total. The molecule has 0 amide bonds. The lowest BCUT2D eigenvalue weighted by atomic mass is 10.1. The van der Waals surface area contributed by atoms with Crippen LogP contribution in [0.25, 0.3) is 0 Å². The summed E-state index contributed by atoms with van der Waals surface area (Å²) in [7, 11) is 0. The summed E-state index contributed by atoms with van der Waals surface area (Å²) in [5.74, 6) is -1.85. The third-order valence-electron chi connectivity index (χ3n) is 1.98. The molecule has 0 atom stereocenters. The second-order valence-electron chi connectivity index (χ2n) is 3.02. The highest BCUT2D eigenvalue weighted by Crippen LogP contribution is 2.24. The van der Waals surface area contributed by atoms with Crippen molar-refractivity contribution in [2.75, 3.05) is 5.75 Å². The number of ether oxygens (including phenoxy) is 2. The Morgan fingerprint density at radius 2 is 1.94 bits per heavy atom. The Balaban J connectivity index is 2.33. The predicted molar refractivity (Wildman–Crippen MR) is 55.7 cm³/mol. The zero-order chi connectivity index (χ0) is 11.7. The molecule has 0 radical (unpaired) electrons. The summed E-state index contributed by atoms with van der Waals surface area (Å²) in [6.45, 7) is 0. The smallest absolute Gasteiger partial charge is 0.347 e. The molecule has 1 aliphatic heterocycles. The van der Waals surface area contributed by atoms with E-state index in [4.69, 9.17) is 4.74 Å². The molecule has 0 aliphatic carbocycles. The molecule has 1 heterocycles. The molecule has 1 aromatic rings. The fourth-order valence-corrected chi connectivity index (χ4v) is 1.36. The minimum Gasteiger partial charge on any atom is -0.426 e. The van der Waals surface area contributed by atoms with E-state index in [-0.39, 0.29) is 22.6 Å². The first kappa shape index (κ1) is 10.7. The number of rotatable bonds is 2. The van der Waals surface area contributed by atoms with Crippen LogP contribution in [0.15, 0.2) is 18.2 Å². The largest absolute Gasteiger partial charge is 0.426 e. The van der Waals surface area contributed by atoms with Gasteiger partial charge in [-0.3, -0.25) is 4.79 Å². The van der Waals surface area contributed by atoms with E-state index in [0.29, 0.717) is 0 Å². The molecule has 1 aromatic carbocycles. The molecule has 16 heavy (non-hydrogen) atoms. The average molecular weight is 238 g/mol. The van der Waals surface area contributed by atoms with Gasteiger partial charge in [-0.1, -0.05) is 0 Å². The van der Waals surface area contributed by atoms with Crippen LogP contribution in [0.4, 0.5) is 0 Å². The molecule has 0 aromatic heterocycles. The van der Waals surface area contributed by atoms with Crippen LogP contribution >= 0.6 is 12.6 Å². The first-order valence-electron chi connectivity index (χ1n) is 4.34. The van der Waals surface area contributed by atoms with Crippen molar-refractivity contribution in [1.29, 1.82) is 0 Å². The van der Waals surface area contributed by atoms with Crippen molar-refractivity contribution in [3.05, 3.63) is 29.3 Å². The van der Waals surface area contributed by atoms with Crippen molar-refractivity contribution < 1.29 is 23.9 Å². The Hall–Kier alpha value is -1.82. The van der Waals surface area contributed by atoms with Crippen LogP contribution in [0.3, 0.4) is 0 Å². The van der Waals surface area contributed by atoms with Gasteiger partial charge in [0.2, 0.25) is 0 Å². The molecule has 6 heteroatoms. The normalized spacial score (nSPS) is 13.3. The summed E-state index contributed by atoms with van der Waals surface area (Å²) >= 11 is 3.74. The van der Waals surface area contributed by atoms with Crippen LogP contribution in [0.2, 0.25) is 0 Å². The number of fused-ring (bicyclic) bond motifs is 1. The third-order valence-corrected chi connectivity index (χ3v) is 2.24. The van der Waals surface area contributed by atoms with E-state index in [1.165, 1.54) is 18.2 Å². The van der Waals surface area contributed by atoms with Crippen LogP contribution in [-0.4, -0.2) is 23.7 Å². The Kier molecular flexibility index (Phi) is 2.66. The quantitative estimate of drug-likeness (QED) is 0.358. The van der Waals surface area contributed by atoms with Crippen LogP contribution < -0.4 is 4.74 Å². The minimum absolute atomic E-state index is 0.0690. The second-order valence-corrected chi connectivity index (χ2v) is 3.33. The minimum atomic E-state index is -0.733. The standard InChI is InChI=1S/C10H6O5S/c11-8(4-16)14-5-1-2-6-7(3-5)10(13)15-9(6)12/h1-3,16H,4H2. The number of hydrogen-bond donors (Lipinski definition) is 1. The number of hydrogen-bond acceptors (Lipinski definition) is 6. The van der Waals surface area contributed by atoms with Gasteiger partial charge in [-0.2, -0.15) is 12.6 Å². The van der Waals surface area contributed by atoms with Gasteiger partial charge in [0.25, 0.3) is 0 Å². The average Bonchev–Trinajstić information content (AvgIpc) is 2.54. The summed E-state index contributed by atoms with van der Waals surface area (Å²) in [6, 6.07) is 4.09. The highest BCUT2D eigenvalue weighted by Gasteiger charge is 2.30. The van der Waals surface area contributed by atoms with Gasteiger partial charge < -0.3 is 9.47 Å². The molecule has 0 spiro atoms. The summed E-state index contributed by atoms with van der Waals surface area (Å²) in [5, 5.41) is 0. The number of thiol groups is 1. The predicted octanol–water partition coefficient (Wildman–Crippen LogP) is 0.832. The van der Waals surface area contributed by atoms with E-state index in [1.54, 1.807) is 0 Å². The van der Waals surface area contributed by atoms with Gasteiger partial charge in [0.15, 0.2) is 0 Å². The van der Waals surface area contributed by atoms with E-state index in [1.807, 2.05) is 0 Å². The summed E-state index contributed by atoms with van der Waals surface area (Å²) in [5.41, 5.74) is 0.283. The maximum atomic E-state index is 11.2. The number of esters is 3.